The SMILES string of the molecule is C[C@@H](NC(=O)CC(C)(C)C)c1ccc2c(c1)OCO2. The summed E-state index contributed by atoms with van der Waals surface area (Å²) >= 11 is 0. The van der Waals surface area contributed by atoms with E-state index in [0.29, 0.717) is 6.42 Å². The minimum absolute atomic E-state index is 0.00130. The van der Waals surface area contributed by atoms with Gasteiger partial charge in [0.25, 0.3) is 0 Å². The number of amides is 1. The highest BCUT2D eigenvalue weighted by molar-refractivity contribution is 5.77. The van der Waals surface area contributed by atoms with Crippen molar-refractivity contribution in [3.63, 3.8) is 0 Å². The van der Waals surface area contributed by atoms with Gasteiger partial charge in [0.05, 0.1) is 6.04 Å². The molecule has 1 aliphatic heterocycles. The summed E-state index contributed by atoms with van der Waals surface area (Å²) in [5, 5.41) is 3.01. The summed E-state index contributed by atoms with van der Waals surface area (Å²) in [4.78, 5) is 11.9. The molecule has 4 heteroatoms. The molecular formula is C15H21NO3. The molecule has 4 nitrogen and oxygen atoms in total. The van der Waals surface area contributed by atoms with Gasteiger partial charge in [-0.25, -0.2) is 0 Å². The van der Waals surface area contributed by atoms with Crippen LogP contribution in [0.5, 0.6) is 11.5 Å². The molecule has 1 atom stereocenters. The number of hydrogen-bond acceptors (Lipinski definition) is 3. The van der Waals surface area contributed by atoms with Gasteiger partial charge in [-0.1, -0.05) is 26.8 Å². The van der Waals surface area contributed by atoms with Crippen LogP contribution in [-0.4, -0.2) is 12.7 Å². The van der Waals surface area contributed by atoms with E-state index in [2.05, 4.69) is 26.1 Å². The van der Waals surface area contributed by atoms with Crippen molar-refractivity contribution in [2.24, 2.45) is 5.41 Å². The Morgan fingerprint density at radius 1 is 1.32 bits per heavy atom. The maximum atomic E-state index is 11.9. The lowest BCUT2D eigenvalue weighted by molar-refractivity contribution is -0.123. The fourth-order valence-electron chi connectivity index (χ4n) is 2.04. The van der Waals surface area contributed by atoms with E-state index in [-0.39, 0.29) is 24.2 Å². The zero-order chi connectivity index (χ0) is 14.0. The Bertz CT molecular complexity index is 477. The Hall–Kier alpha value is -1.71. The number of carbonyl (C=O) groups is 1. The second-order valence-electron chi connectivity index (χ2n) is 6.14. The van der Waals surface area contributed by atoms with Gasteiger partial charge in [-0.15, -0.1) is 0 Å². The van der Waals surface area contributed by atoms with Gasteiger partial charge in [0.2, 0.25) is 12.7 Å². The lowest BCUT2D eigenvalue weighted by Crippen LogP contribution is -2.29. The summed E-state index contributed by atoms with van der Waals surface area (Å²) in [7, 11) is 0. The van der Waals surface area contributed by atoms with Crippen molar-refractivity contribution in [1.82, 2.24) is 5.32 Å². The van der Waals surface area contributed by atoms with Gasteiger partial charge in [0.15, 0.2) is 11.5 Å². The van der Waals surface area contributed by atoms with Crippen LogP contribution in [0.1, 0.15) is 45.7 Å². The zero-order valence-electron chi connectivity index (χ0n) is 11.9. The third-order valence-electron chi connectivity index (χ3n) is 2.97. The molecule has 1 aliphatic rings. The molecule has 0 aromatic heterocycles. The highest BCUT2D eigenvalue weighted by atomic mass is 16.7. The molecule has 104 valence electrons. The normalized spacial score (nSPS) is 15.2. The van der Waals surface area contributed by atoms with E-state index in [1.54, 1.807) is 0 Å². The molecule has 1 amide bonds. The maximum Gasteiger partial charge on any atom is 0.231 e. The van der Waals surface area contributed by atoms with Crippen molar-refractivity contribution in [2.45, 2.75) is 40.2 Å². The summed E-state index contributed by atoms with van der Waals surface area (Å²) in [5.41, 5.74) is 1.02. The molecule has 0 saturated heterocycles. The first kappa shape index (κ1) is 13.7. The maximum absolute atomic E-state index is 11.9. The van der Waals surface area contributed by atoms with E-state index in [4.69, 9.17) is 9.47 Å². The minimum Gasteiger partial charge on any atom is -0.454 e. The van der Waals surface area contributed by atoms with Crippen LogP contribution in [0.2, 0.25) is 0 Å². The molecule has 0 bridgehead atoms. The molecule has 0 aliphatic carbocycles. The summed E-state index contributed by atoms with van der Waals surface area (Å²) in [6, 6.07) is 5.72. The quantitative estimate of drug-likeness (QED) is 0.911. The molecule has 0 fully saturated rings. The van der Waals surface area contributed by atoms with Crippen LogP contribution < -0.4 is 14.8 Å². The van der Waals surface area contributed by atoms with Gasteiger partial charge in [0.1, 0.15) is 0 Å². The topological polar surface area (TPSA) is 47.6 Å². The number of carbonyl (C=O) groups excluding carboxylic acids is 1. The molecule has 1 N–H and O–H groups in total. The van der Waals surface area contributed by atoms with Gasteiger partial charge < -0.3 is 14.8 Å². The number of fused-ring (bicyclic) bond motifs is 1. The minimum atomic E-state index is -0.0376. The van der Waals surface area contributed by atoms with Crippen LogP contribution in [0.25, 0.3) is 0 Å². The van der Waals surface area contributed by atoms with Crippen LogP contribution in [0.15, 0.2) is 18.2 Å². The number of ether oxygens (including phenoxy) is 2. The fraction of sp³-hybridized carbons (Fsp3) is 0.533. The zero-order valence-corrected chi connectivity index (χ0v) is 11.9. The van der Waals surface area contributed by atoms with E-state index in [1.807, 2.05) is 25.1 Å². The van der Waals surface area contributed by atoms with Crippen molar-refractivity contribution in [1.29, 1.82) is 0 Å². The van der Waals surface area contributed by atoms with Crippen molar-refractivity contribution in [3.05, 3.63) is 23.8 Å². The Balaban J connectivity index is 2.00. The molecule has 0 spiro atoms. The first-order valence-corrected chi connectivity index (χ1v) is 6.54. The fourth-order valence-corrected chi connectivity index (χ4v) is 2.04. The van der Waals surface area contributed by atoms with E-state index in [9.17, 15) is 4.79 Å². The predicted molar refractivity (Wildman–Crippen MR) is 73.2 cm³/mol. The number of rotatable bonds is 3. The molecule has 1 heterocycles. The second-order valence-corrected chi connectivity index (χ2v) is 6.14. The Morgan fingerprint density at radius 2 is 2.00 bits per heavy atom. The molecule has 0 unspecified atom stereocenters. The van der Waals surface area contributed by atoms with E-state index in [0.717, 1.165) is 17.1 Å². The highest BCUT2D eigenvalue weighted by Gasteiger charge is 2.19. The monoisotopic (exact) mass is 263 g/mol. The molecule has 1 aromatic carbocycles. The van der Waals surface area contributed by atoms with Crippen LogP contribution in [0.4, 0.5) is 0 Å². The molecule has 0 radical (unpaired) electrons. The third-order valence-corrected chi connectivity index (χ3v) is 2.97. The molecule has 0 saturated carbocycles. The number of nitrogens with one attached hydrogen (secondary N) is 1. The predicted octanol–water partition coefficient (Wildman–Crippen LogP) is 3.03. The number of hydrogen-bond donors (Lipinski definition) is 1. The number of benzene rings is 1. The second kappa shape index (κ2) is 5.11. The summed E-state index contributed by atoms with van der Waals surface area (Å²) in [5.74, 6) is 1.57. The van der Waals surface area contributed by atoms with Crippen molar-refractivity contribution < 1.29 is 14.3 Å². The molecular weight excluding hydrogens is 242 g/mol. The molecule has 1 aromatic rings. The molecule has 19 heavy (non-hydrogen) atoms. The average molecular weight is 263 g/mol. The lowest BCUT2D eigenvalue weighted by Gasteiger charge is -2.20. The van der Waals surface area contributed by atoms with E-state index >= 15 is 0 Å². The Morgan fingerprint density at radius 3 is 2.68 bits per heavy atom. The van der Waals surface area contributed by atoms with E-state index < -0.39 is 0 Å². The first-order chi connectivity index (χ1) is 8.85. The average Bonchev–Trinajstić information content (AvgIpc) is 2.72. The van der Waals surface area contributed by atoms with Gasteiger partial charge >= 0.3 is 0 Å². The third kappa shape index (κ3) is 3.63. The summed E-state index contributed by atoms with van der Waals surface area (Å²) < 4.78 is 10.6. The lowest BCUT2D eigenvalue weighted by atomic mass is 9.91. The highest BCUT2D eigenvalue weighted by Crippen LogP contribution is 2.34. The van der Waals surface area contributed by atoms with Crippen molar-refractivity contribution >= 4 is 5.91 Å². The summed E-state index contributed by atoms with van der Waals surface area (Å²) in [6.07, 6.45) is 0.516. The standard InChI is InChI=1S/C15H21NO3/c1-10(16-14(17)8-15(2,3)4)11-5-6-12-13(7-11)19-9-18-12/h5-7,10H,8-9H2,1-4H3,(H,16,17)/t10-/m1/s1. The van der Waals surface area contributed by atoms with Crippen LogP contribution >= 0.6 is 0 Å². The molecule has 2 rings (SSSR count). The van der Waals surface area contributed by atoms with Crippen LogP contribution in [-0.2, 0) is 4.79 Å². The Kier molecular flexibility index (Phi) is 3.69. The van der Waals surface area contributed by atoms with Crippen LogP contribution in [0.3, 0.4) is 0 Å². The first-order valence-electron chi connectivity index (χ1n) is 6.54. The van der Waals surface area contributed by atoms with Crippen molar-refractivity contribution in [3.8, 4) is 11.5 Å². The van der Waals surface area contributed by atoms with Crippen molar-refractivity contribution in [2.75, 3.05) is 6.79 Å². The smallest absolute Gasteiger partial charge is 0.231 e. The Labute approximate surface area is 114 Å². The van der Waals surface area contributed by atoms with Gasteiger partial charge in [-0.3, -0.25) is 4.79 Å². The largest absolute Gasteiger partial charge is 0.454 e. The van der Waals surface area contributed by atoms with Gasteiger partial charge in [0, 0.05) is 6.42 Å². The van der Waals surface area contributed by atoms with Gasteiger partial charge in [-0.05, 0) is 30.0 Å². The van der Waals surface area contributed by atoms with Gasteiger partial charge in [-0.2, -0.15) is 0 Å². The summed E-state index contributed by atoms with van der Waals surface area (Å²) in [6.45, 7) is 8.40. The van der Waals surface area contributed by atoms with E-state index in [1.165, 1.54) is 0 Å². The van der Waals surface area contributed by atoms with Crippen LogP contribution in [0, 0.1) is 5.41 Å².